The maximum Gasteiger partial charge on any atom is 0.0250 e. The van der Waals surface area contributed by atoms with Crippen LogP contribution in [-0.4, -0.2) is 41.6 Å². The standard InChI is InChI=1S/C14H28N2S/c1-11-4-3-5-13(8-11)14(9-15)16-6-7-17-10-12(16)2/h11-14H,3-10,15H2,1-2H3. The Kier molecular flexibility index (Phi) is 5.19. The maximum absolute atomic E-state index is 6.09. The molecular weight excluding hydrogens is 228 g/mol. The topological polar surface area (TPSA) is 29.3 Å². The van der Waals surface area contributed by atoms with Crippen LogP contribution < -0.4 is 5.73 Å². The molecular formula is C14H28N2S. The molecule has 2 aliphatic rings. The monoisotopic (exact) mass is 256 g/mol. The van der Waals surface area contributed by atoms with E-state index in [2.05, 4.69) is 30.5 Å². The second-order valence-corrected chi connectivity index (χ2v) is 7.15. The van der Waals surface area contributed by atoms with E-state index in [-0.39, 0.29) is 0 Å². The lowest BCUT2D eigenvalue weighted by atomic mass is 9.78. The highest BCUT2D eigenvalue weighted by atomic mass is 32.2. The molecule has 2 rings (SSSR count). The quantitative estimate of drug-likeness (QED) is 0.841. The summed E-state index contributed by atoms with van der Waals surface area (Å²) in [6, 6.07) is 1.37. The van der Waals surface area contributed by atoms with Crippen molar-refractivity contribution in [2.75, 3.05) is 24.6 Å². The van der Waals surface area contributed by atoms with Crippen LogP contribution >= 0.6 is 11.8 Å². The van der Waals surface area contributed by atoms with E-state index in [1.165, 1.54) is 43.7 Å². The van der Waals surface area contributed by atoms with Crippen LogP contribution in [0.4, 0.5) is 0 Å². The highest BCUT2D eigenvalue weighted by Crippen LogP contribution is 2.34. The van der Waals surface area contributed by atoms with Gasteiger partial charge in [-0.15, -0.1) is 0 Å². The molecule has 1 saturated carbocycles. The van der Waals surface area contributed by atoms with Gasteiger partial charge in [0.1, 0.15) is 0 Å². The van der Waals surface area contributed by atoms with Gasteiger partial charge in [0.05, 0.1) is 0 Å². The predicted octanol–water partition coefficient (Wildman–Crippen LogP) is 2.58. The zero-order valence-electron chi connectivity index (χ0n) is 11.4. The van der Waals surface area contributed by atoms with Crippen LogP contribution in [0.15, 0.2) is 0 Å². The lowest BCUT2D eigenvalue weighted by Gasteiger charge is -2.44. The predicted molar refractivity (Wildman–Crippen MR) is 77.5 cm³/mol. The van der Waals surface area contributed by atoms with Gasteiger partial charge in [0.25, 0.3) is 0 Å². The number of thioether (sulfide) groups is 1. The van der Waals surface area contributed by atoms with Crippen LogP contribution in [0.25, 0.3) is 0 Å². The Bertz CT molecular complexity index is 234. The van der Waals surface area contributed by atoms with Gasteiger partial charge in [-0.25, -0.2) is 0 Å². The van der Waals surface area contributed by atoms with E-state index in [0.717, 1.165) is 24.4 Å². The molecule has 4 atom stereocenters. The van der Waals surface area contributed by atoms with Gasteiger partial charge in [-0.2, -0.15) is 11.8 Å². The van der Waals surface area contributed by atoms with E-state index < -0.39 is 0 Å². The second-order valence-electron chi connectivity index (χ2n) is 6.00. The van der Waals surface area contributed by atoms with Crippen molar-refractivity contribution < 1.29 is 0 Å². The van der Waals surface area contributed by atoms with Gasteiger partial charge in [0.2, 0.25) is 0 Å². The molecule has 0 radical (unpaired) electrons. The van der Waals surface area contributed by atoms with Gasteiger partial charge >= 0.3 is 0 Å². The Hall–Kier alpha value is 0.270. The molecule has 1 saturated heterocycles. The van der Waals surface area contributed by atoms with E-state index in [9.17, 15) is 0 Å². The summed E-state index contributed by atoms with van der Waals surface area (Å²) in [5.41, 5.74) is 6.09. The van der Waals surface area contributed by atoms with Crippen molar-refractivity contribution >= 4 is 11.8 Å². The van der Waals surface area contributed by atoms with E-state index in [0.29, 0.717) is 6.04 Å². The summed E-state index contributed by atoms with van der Waals surface area (Å²) in [5, 5.41) is 0. The fourth-order valence-electron chi connectivity index (χ4n) is 3.66. The first kappa shape index (κ1) is 13.7. The molecule has 0 amide bonds. The number of hydrogen-bond donors (Lipinski definition) is 1. The Labute approximate surface area is 111 Å². The van der Waals surface area contributed by atoms with Crippen molar-refractivity contribution in [3.8, 4) is 0 Å². The van der Waals surface area contributed by atoms with Gasteiger partial charge in [0.15, 0.2) is 0 Å². The minimum atomic E-state index is 0.647. The highest BCUT2D eigenvalue weighted by molar-refractivity contribution is 7.99. The molecule has 2 fully saturated rings. The fraction of sp³-hybridized carbons (Fsp3) is 1.00. The molecule has 17 heavy (non-hydrogen) atoms. The minimum absolute atomic E-state index is 0.647. The van der Waals surface area contributed by atoms with Gasteiger partial charge < -0.3 is 5.73 Å². The van der Waals surface area contributed by atoms with Crippen molar-refractivity contribution in [2.24, 2.45) is 17.6 Å². The first-order valence-corrected chi connectivity index (χ1v) is 8.41. The maximum atomic E-state index is 6.09. The first-order valence-electron chi connectivity index (χ1n) is 7.26. The van der Waals surface area contributed by atoms with Gasteiger partial charge in [-0.1, -0.05) is 19.8 Å². The van der Waals surface area contributed by atoms with E-state index in [1.54, 1.807) is 0 Å². The highest BCUT2D eigenvalue weighted by Gasteiger charge is 2.33. The third kappa shape index (κ3) is 3.39. The van der Waals surface area contributed by atoms with E-state index in [4.69, 9.17) is 5.73 Å². The Morgan fingerprint density at radius 1 is 1.35 bits per heavy atom. The van der Waals surface area contributed by atoms with E-state index >= 15 is 0 Å². The summed E-state index contributed by atoms with van der Waals surface area (Å²) >= 11 is 2.10. The Morgan fingerprint density at radius 3 is 2.82 bits per heavy atom. The van der Waals surface area contributed by atoms with Crippen molar-refractivity contribution in [3.63, 3.8) is 0 Å². The summed E-state index contributed by atoms with van der Waals surface area (Å²) < 4.78 is 0. The number of hydrogen-bond acceptors (Lipinski definition) is 3. The fourth-order valence-corrected chi connectivity index (χ4v) is 4.70. The van der Waals surface area contributed by atoms with Gasteiger partial charge in [-0.05, 0) is 31.6 Å². The zero-order chi connectivity index (χ0) is 12.3. The van der Waals surface area contributed by atoms with Crippen LogP contribution in [0.5, 0.6) is 0 Å². The normalized spacial score (nSPS) is 37.9. The molecule has 3 heteroatoms. The third-order valence-corrected chi connectivity index (χ3v) is 5.80. The Balaban J connectivity index is 1.98. The molecule has 100 valence electrons. The van der Waals surface area contributed by atoms with E-state index in [1.807, 2.05) is 0 Å². The molecule has 0 bridgehead atoms. The SMILES string of the molecule is CC1CCCC(C(CN)N2CCSCC2C)C1. The number of nitrogens with zero attached hydrogens (tertiary/aromatic N) is 1. The van der Waals surface area contributed by atoms with Crippen molar-refractivity contribution in [1.82, 2.24) is 4.90 Å². The molecule has 1 aliphatic carbocycles. The third-order valence-electron chi connectivity index (χ3n) is 4.61. The summed E-state index contributed by atoms with van der Waals surface area (Å²) in [7, 11) is 0. The average Bonchev–Trinajstić information content (AvgIpc) is 2.33. The average molecular weight is 256 g/mol. The molecule has 2 N–H and O–H groups in total. The molecule has 1 aliphatic heterocycles. The molecule has 0 aromatic carbocycles. The summed E-state index contributed by atoms with van der Waals surface area (Å²) in [4.78, 5) is 2.71. The minimum Gasteiger partial charge on any atom is -0.329 e. The van der Waals surface area contributed by atoms with Crippen LogP contribution in [0.3, 0.4) is 0 Å². The lowest BCUT2D eigenvalue weighted by Crippen LogP contribution is -2.53. The molecule has 4 unspecified atom stereocenters. The second kappa shape index (κ2) is 6.44. The molecule has 2 nitrogen and oxygen atoms in total. The molecule has 0 aromatic heterocycles. The molecule has 1 heterocycles. The van der Waals surface area contributed by atoms with Crippen LogP contribution in [0.1, 0.15) is 39.5 Å². The zero-order valence-corrected chi connectivity index (χ0v) is 12.2. The number of nitrogens with two attached hydrogens (primary N) is 1. The van der Waals surface area contributed by atoms with Crippen molar-refractivity contribution in [2.45, 2.75) is 51.6 Å². The smallest absolute Gasteiger partial charge is 0.0250 e. The summed E-state index contributed by atoms with van der Waals surface area (Å²) in [6.07, 6.45) is 5.65. The lowest BCUT2D eigenvalue weighted by molar-refractivity contribution is 0.0864. The molecule has 0 aromatic rings. The summed E-state index contributed by atoms with van der Waals surface area (Å²) in [5.74, 6) is 4.36. The summed E-state index contributed by atoms with van der Waals surface area (Å²) in [6.45, 7) is 6.89. The number of rotatable bonds is 3. The molecule has 0 spiro atoms. The van der Waals surface area contributed by atoms with Gasteiger partial charge in [-0.3, -0.25) is 4.90 Å². The largest absolute Gasteiger partial charge is 0.329 e. The van der Waals surface area contributed by atoms with Crippen molar-refractivity contribution in [1.29, 1.82) is 0 Å². The van der Waals surface area contributed by atoms with Crippen LogP contribution in [0, 0.1) is 11.8 Å². The van der Waals surface area contributed by atoms with Crippen molar-refractivity contribution in [3.05, 3.63) is 0 Å². The first-order chi connectivity index (χ1) is 8.22. The van der Waals surface area contributed by atoms with Crippen LogP contribution in [-0.2, 0) is 0 Å². The van der Waals surface area contributed by atoms with Crippen LogP contribution in [0.2, 0.25) is 0 Å². The van der Waals surface area contributed by atoms with Gasteiger partial charge in [0, 0.05) is 36.7 Å². The Morgan fingerprint density at radius 2 is 2.18 bits per heavy atom.